The van der Waals surface area contributed by atoms with Gasteiger partial charge in [-0.2, -0.15) is 0 Å². The molecule has 0 radical (unpaired) electrons. The number of ether oxygens (including phenoxy) is 1. The topological polar surface area (TPSA) is 103 Å². The zero-order valence-electron chi connectivity index (χ0n) is 15.0. The summed E-state index contributed by atoms with van der Waals surface area (Å²) >= 11 is 5.84. The first-order valence-corrected chi connectivity index (χ1v) is 9.87. The molecule has 0 spiro atoms. The zero-order valence-corrected chi connectivity index (χ0v) is 16.6. The van der Waals surface area contributed by atoms with Crippen LogP contribution < -0.4 is 0 Å². The van der Waals surface area contributed by atoms with Gasteiger partial charge in [0.15, 0.2) is 6.61 Å². The summed E-state index contributed by atoms with van der Waals surface area (Å²) in [4.78, 5) is 12.2. The Morgan fingerprint density at radius 3 is 2.54 bits per heavy atom. The molecule has 0 saturated carbocycles. The maximum atomic E-state index is 12.2. The minimum Gasteiger partial charge on any atom is -0.452 e. The summed E-state index contributed by atoms with van der Waals surface area (Å²) in [7, 11) is -0.833. The van der Waals surface area contributed by atoms with Crippen LogP contribution in [0.1, 0.15) is 16.2 Å². The summed E-state index contributed by atoms with van der Waals surface area (Å²) in [5, 5.41) is 8.31. The third-order valence-electron chi connectivity index (χ3n) is 3.73. The van der Waals surface area contributed by atoms with Gasteiger partial charge in [0, 0.05) is 24.7 Å². The number of nitrogens with zero attached hydrogens (tertiary/aromatic N) is 3. The van der Waals surface area contributed by atoms with Crippen molar-refractivity contribution in [2.24, 2.45) is 0 Å². The van der Waals surface area contributed by atoms with Crippen molar-refractivity contribution < 1.29 is 22.4 Å². The van der Waals surface area contributed by atoms with Crippen LogP contribution in [0, 0.1) is 0 Å². The molecule has 0 aliphatic heterocycles. The van der Waals surface area contributed by atoms with Gasteiger partial charge in [0.2, 0.25) is 15.9 Å². The molecular weight excluding hydrogens is 406 g/mol. The number of benzene rings is 2. The molecule has 0 fully saturated rings. The Hall–Kier alpha value is -2.75. The minimum atomic E-state index is -3.66. The summed E-state index contributed by atoms with van der Waals surface area (Å²) in [6.07, 6.45) is 0. The SMILES string of the molecule is CN(C)S(=O)(=O)c1cccc(C(=O)OCc2nnc(-c3ccc(Cl)cc3)o2)c1. The summed E-state index contributed by atoms with van der Waals surface area (Å²) in [5.74, 6) is -0.334. The molecule has 146 valence electrons. The number of rotatable bonds is 6. The molecule has 0 amide bonds. The van der Waals surface area contributed by atoms with Gasteiger partial charge in [-0.1, -0.05) is 17.7 Å². The van der Waals surface area contributed by atoms with Gasteiger partial charge in [-0.05, 0) is 42.5 Å². The largest absolute Gasteiger partial charge is 0.452 e. The molecule has 1 heterocycles. The molecule has 0 unspecified atom stereocenters. The molecule has 0 aliphatic carbocycles. The summed E-state index contributed by atoms with van der Waals surface area (Å²) < 4.78 is 36.0. The lowest BCUT2D eigenvalue weighted by Gasteiger charge is -2.11. The van der Waals surface area contributed by atoms with Gasteiger partial charge in [-0.15, -0.1) is 10.2 Å². The zero-order chi connectivity index (χ0) is 20.3. The molecule has 0 aliphatic rings. The monoisotopic (exact) mass is 421 g/mol. The Balaban J connectivity index is 1.69. The fraction of sp³-hybridized carbons (Fsp3) is 0.167. The van der Waals surface area contributed by atoms with E-state index in [0.29, 0.717) is 10.6 Å². The van der Waals surface area contributed by atoms with Crippen LogP contribution in [-0.4, -0.2) is 43.0 Å². The highest BCUT2D eigenvalue weighted by atomic mass is 35.5. The lowest BCUT2D eigenvalue weighted by molar-refractivity contribution is 0.0438. The molecule has 3 rings (SSSR count). The van der Waals surface area contributed by atoms with E-state index in [1.807, 2.05) is 0 Å². The third kappa shape index (κ3) is 4.38. The van der Waals surface area contributed by atoms with E-state index in [0.717, 1.165) is 4.31 Å². The molecule has 1 aromatic heterocycles. The predicted molar refractivity (Wildman–Crippen MR) is 101 cm³/mol. The fourth-order valence-corrected chi connectivity index (χ4v) is 3.30. The van der Waals surface area contributed by atoms with E-state index in [2.05, 4.69) is 10.2 Å². The van der Waals surface area contributed by atoms with Gasteiger partial charge in [0.05, 0.1) is 10.5 Å². The minimum absolute atomic E-state index is 0.00485. The summed E-state index contributed by atoms with van der Waals surface area (Å²) in [5.41, 5.74) is 0.774. The van der Waals surface area contributed by atoms with E-state index in [-0.39, 0.29) is 28.8 Å². The second-order valence-corrected chi connectivity index (χ2v) is 8.49. The van der Waals surface area contributed by atoms with E-state index in [1.54, 1.807) is 24.3 Å². The van der Waals surface area contributed by atoms with Crippen LogP contribution in [0.15, 0.2) is 57.8 Å². The molecule has 0 bridgehead atoms. The quantitative estimate of drug-likeness (QED) is 0.563. The molecule has 3 aromatic rings. The smallest absolute Gasteiger partial charge is 0.338 e. The Kier molecular flexibility index (Phi) is 5.78. The number of aromatic nitrogens is 2. The van der Waals surface area contributed by atoms with E-state index in [9.17, 15) is 13.2 Å². The molecule has 28 heavy (non-hydrogen) atoms. The van der Waals surface area contributed by atoms with E-state index in [1.165, 1.54) is 38.4 Å². The van der Waals surface area contributed by atoms with Crippen molar-refractivity contribution in [2.45, 2.75) is 11.5 Å². The number of hydrogen-bond donors (Lipinski definition) is 0. The van der Waals surface area contributed by atoms with Crippen molar-refractivity contribution in [3.05, 3.63) is 65.0 Å². The van der Waals surface area contributed by atoms with Gasteiger partial charge in [0.25, 0.3) is 5.89 Å². The Morgan fingerprint density at radius 1 is 1.14 bits per heavy atom. The fourth-order valence-electron chi connectivity index (χ4n) is 2.23. The van der Waals surface area contributed by atoms with Crippen molar-refractivity contribution in [3.8, 4) is 11.5 Å². The van der Waals surface area contributed by atoms with E-state index >= 15 is 0 Å². The van der Waals surface area contributed by atoms with Crippen LogP contribution in [0.5, 0.6) is 0 Å². The molecular formula is C18H16ClN3O5S. The van der Waals surface area contributed by atoms with Crippen molar-refractivity contribution in [2.75, 3.05) is 14.1 Å². The van der Waals surface area contributed by atoms with Crippen LogP contribution in [0.3, 0.4) is 0 Å². The van der Waals surface area contributed by atoms with E-state index < -0.39 is 16.0 Å². The highest BCUT2D eigenvalue weighted by molar-refractivity contribution is 7.89. The van der Waals surface area contributed by atoms with Crippen LogP contribution in [0.4, 0.5) is 0 Å². The van der Waals surface area contributed by atoms with Gasteiger partial charge in [-0.3, -0.25) is 0 Å². The molecule has 8 nitrogen and oxygen atoms in total. The molecule has 0 N–H and O–H groups in total. The maximum absolute atomic E-state index is 12.2. The third-order valence-corrected chi connectivity index (χ3v) is 5.80. The van der Waals surface area contributed by atoms with Gasteiger partial charge in [0.1, 0.15) is 0 Å². The molecule has 0 atom stereocenters. The average Bonchev–Trinajstić information content (AvgIpc) is 3.15. The molecule has 0 saturated heterocycles. The summed E-state index contributed by atoms with van der Waals surface area (Å²) in [6, 6.07) is 12.4. The number of esters is 1. The van der Waals surface area contributed by atoms with Crippen molar-refractivity contribution in [1.82, 2.24) is 14.5 Å². The molecule has 10 heteroatoms. The van der Waals surface area contributed by atoms with Crippen molar-refractivity contribution in [1.29, 1.82) is 0 Å². The molecule has 2 aromatic carbocycles. The second-order valence-electron chi connectivity index (χ2n) is 5.90. The predicted octanol–water partition coefficient (Wildman–Crippen LogP) is 3.00. The van der Waals surface area contributed by atoms with E-state index in [4.69, 9.17) is 20.8 Å². The Bertz CT molecular complexity index is 1090. The first-order chi connectivity index (χ1) is 13.3. The normalized spacial score (nSPS) is 11.6. The number of halogens is 1. The number of carbonyl (C=O) groups excluding carboxylic acids is 1. The van der Waals surface area contributed by atoms with Gasteiger partial charge < -0.3 is 9.15 Å². The maximum Gasteiger partial charge on any atom is 0.338 e. The first kappa shape index (κ1) is 20.0. The van der Waals surface area contributed by atoms with Gasteiger partial charge >= 0.3 is 5.97 Å². The first-order valence-electron chi connectivity index (χ1n) is 8.05. The number of sulfonamides is 1. The lowest BCUT2D eigenvalue weighted by Crippen LogP contribution is -2.22. The summed E-state index contributed by atoms with van der Waals surface area (Å²) in [6.45, 7) is -0.246. The van der Waals surface area contributed by atoms with Crippen LogP contribution >= 0.6 is 11.6 Å². The second kappa shape index (κ2) is 8.09. The number of hydrogen-bond acceptors (Lipinski definition) is 7. The van der Waals surface area contributed by atoms with Crippen LogP contribution in [-0.2, 0) is 21.4 Å². The van der Waals surface area contributed by atoms with Crippen LogP contribution in [0.25, 0.3) is 11.5 Å². The van der Waals surface area contributed by atoms with Crippen LogP contribution in [0.2, 0.25) is 5.02 Å². The van der Waals surface area contributed by atoms with Crippen molar-refractivity contribution >= 4 is 27.6 Å². The highest BCUT2D eigenvalue weighted by Gasteiger charge is 2.19. The number of carbonyl (C=O) groups is 1. The highest BCUT2D eigenvalue weighted by Crippen LogP contribution is 2.21. The Labute approximate surface area is 166 Å². The van der Waals surface area contributed by atoms with Crippen molar-refractivity contribution in [3.63, 3.8) is 0 Å². The average molecular weight is 422 g/mol. The Morgan fingerprint density at radius 2 is 1.86 bits per heavy atom. The lowest BCUT2D eigenvalue weighted by atomic mass is 10.2. The van der Waals surface area contributed by atoms with Gasteiger partial charge in [-0.25, -0.2) is 17.5 Å². The standard InChI is InChI=1S/C18H16ClN3O5S/c1-22(2)28(24,25)15-5-3-4-13(10-15)18(23)26-11-16-20-21-17(27-16)12-6-8-14(19)9-7-12/h3-10H,11H2,1-2H3.